The van der Waals surface area contributed by atoms with Crippen LogP contribution in [0.15, 0.2) is 12.4 Å². The Labute approximate surface area is 109 Å². The van der Waals surface area contributed by atoms with Crippen molar-refractivity contribution >= 4 is 24.3 Å². The van der Waals surface area contributed by atoms with Gasteiger partial charge in [-0.05, 0) is 12.3 Å². The first-order valence-corrected chi connectivity index (χ1v) is 6.64. The normalized spacial score (nSPS) is 10.6. The zero-order valence-corrected chi connectivity index (χ0v) is 11.7. The molecule has 0 unspecified atom stereocenters. The SMILES string of the molecule is CC(C)CCN(C)c1cc(NCCS)ncn1. The second-order valence-corrected chi connectivity index (χ2v) is 4.96. The Morgan fingerprint density at radius 2 is 2.18 bits per heavy atom. The highest BCUT2D eigenvalue weighted by Crippen LogP contribution is 2.13. The molecule has 1 heterocycles. The zero-order chi connectivity index (χ0) is 12.7. The van der Waals surface area contributed by atoms with E-state index in [0.29, 0.717) is 5.92 Å². The Morgan fingerprint density at radius 1 is 1.41 bits per heavy atom. The summed E-state index contributed by atoms with van der Waals surface area (Å²) in [4.78, 5) is 10.6. The van der Waals surface area contributed by atoms with Crippen molar-refractivity contribution in [2.75, 3.05) is 36.1 Å². The molecule has 0 spiro atoms. The predicted molar refractivity (Wildman–Crippen MR) is 77.1 cm³/mol. The zero-order valence-electron chi connectivity index (χ0n) is 10.8. The monoisotopic (exact) mass is 254 g/mol. The van der Waals surface area contributed by atoms with Crippen LogP contribution in [0.2, 0.25) is 0 Å². The molecule has 1 aromatic heterocycles. The third-order valence-corrected chi connectivity index (χ3v) is 2.73. The quantitative estimate of drug-likeness (QED) is 0.733. The Balaban J connectivity index is 2.57. The predicted octanol–water partition coefficient (Wildman–Crippen LogP) is 2.30. The molecule has 0 bridgehead atoms. The molecule has 5 heteroatoms. The minimum absolute atomic E-state index is 0.709. The maximum absolute atomic E-state index is 4.28. The van der Waals surface area contributed by atoms with Crippen molar-refractivity contribution in [2.45, 2.75) is 20.3 Å². The lowest BCUT2D eigenvalue weighted by Gasteiger charge is -2.19. The highest BCUT2D eigenvalue weighted by atomic mass is 32.1. The number of nitrogens with zero attached hydrogens (tertiary/aromatic N) is 3. The van der Waals surface area contributed by atoms with Gasteiger partial charge in [-0.25, -0.2) is 9.97 Å². The van der Waals surface area contributed by atoms with E-state index < -0.39 is 0 Å². The molecule has 96 valence electrons. The maximum Gasteiger partial charge on any atom is 0.133 e. The van der Waals surface area contributed by atoms with Crippen molar-refractivity contribution in [2.24, 2.45) is 5.92 Å². The third-order valence-electron chi connectivity index (χ3n) is 2.50. The standard InChI is InChI=1S/C12H22N4S/c1-10(2)4-6-16(3)12-8-11(13-5-7-17)14-9-15-12/h8-10,17H,4-7H2,1-3H3,(H,13,14,15). The average molecular weight is 254 g/mol. The molecule has 0 aromatic carbocycles. The summed E-state index contributed by atoms with van der Waals surface area (Å²) in [5.41, 5.74) is 0. The topological polar surface area (TPSA) is 41.0 Å². The van der Waals surface area contributed by atoms with E-state index in [-0.39, 0.29) is 0 Å². The first-order valence-electron chi connectivity index (χ1n) is 6.01. The summed E-state index contributed by atoms with van der Waals surface area (Å²) in [6.45, 7) is 6.29. The molecule has 0 aliphatic carbocycles. The molecule has 0 fully saturated rings. The van der Waals surface area contributed by atoms with Crippen LogP contribution in [0.1, 0.15) is 20.3 Å². The fourth-order valence-electron chi connectivity index (χ4n) is 1.40. The molecule has 1 rings (SSSR count). The van der Waals surface area contributed by atoms with E-state index in [0.717, 1.165) is 30.5 Å². The minimum Gasteiger partial charge on any atom is -0.369 e. The van der Waals surface area contributed by atoms with Crippen LogP contribution >= 0.6 is 12.6 Å². The van der Waals surface area contributed by atoms with Gasteiger partial charge in [0, 0.05) is 32.0 Å². The number of rotatable bonds is 7. The molecule has 0 saturated carbocycles. The fraction of sp³-hybridized carbons (Fsp3) is 0.667. The van der Waals surface area contributed by atoms with Gasteiger partial charge in [0.25, 0.3) is 0 Å². The molecule has 17 heavy (non-hydrogen) atoms. The van der Waals surface area contributed by atoms with E-state index in [9.17, 15) is 0 Å². The molecule has 0 atom stereocenters. The van der Waals surface area contributed by atoms with Crippen LogP contribution in [0.25, 0.3) is 0 Å². The van der Waals surface area contributed by atoms with E-state index in [2.05, 4.69) is 53.7 Å². The van der Waals surface area contributed by atoms with Crippen LogP contribution in [-0.4, -0.2) is 35.9 Å². The molecule has 4 nitrogen and oxygen atoms in total. The summed E-state index contributed by atoms with van der Waals surface area (Å²) in [6.07, 6.45) is 2.77. The van der Waals surface area contributed by atoms with Crippen LogP contribution < -0.4 is 10.2 Å². The molecule has 1 aromatic rings. The number of hydrogen-bond donors (Lipinski definition) is 2. The van der Waals surface area contributed by atoms with Crippen molar-refractivity contribution < 1.29 is 0 Å². The van der Waals surface area contributed by atoms with Crippen LogP contribution in [0.5, 0.6) is 0 Å². The summed E-state index contributed by atoms with van der Waals surface area (Å²) < 4.78 is 0. The summed E-state index contributed by atoms with van der Waals surface area (Å²) in [6, 6.07) is 1.98. The molecule has 0 saturated heterocycles. The maximum atomic E-state index is 4.28. The van der Waals surface area contributed by atoms with Gasteiger partial charge in [0.2, 0.25) is 0 Å². The van der Waals surface area contributed by atoms with E-state index in [1.807, 2.05) is 6.07 Å². The number of thiol groups is 1. The van der Waals surface area contributed by atoms with Crippen molar-refractivity contribution in [1.29, 1.82) is 0 Å². The van der Waals surface area contributed by atoms with Gasteiger partial charge in [0.05, 0.1) is 0 Å². The Bertz CT molecular complexity index is 330. The summed E-state index contributed by atoms with van der Waals surface area (Å²) in [5.74, 6) is 3.33. The van der Waals surface area contributed by atoms with E-state index >= 15 is 0 Å². The third kappa shape index (κ3) is 5.26. The highest BCUT2D eigenvalue weighted by molar-refractivity contribution is 7.80. The Kier molecular flexibility index (Phi) is 6.11. The van der Waals surface area contributed by atoms with Crippen molar-refractivity contribution in [3.05, 3.63) is 12.4 Å². The smallest absolute Gasteiger partial charge is 0.133 e. The van der Waals surface area contributed by atoms with Gasteiger partial charge in [0.15, 0.2) is 0 Å². The average Bonchev–Trinajstić information content (AvgIpc) is 2.33. The first-order chi connectivity index (χ1) is 8.13. The lowest BCUT2D eigenvalue weighted by Crippen LogP contribution is -2.21. The van der Waals surface area contributed by atoms with E-state index in [4.69, 9.17) is 0 Å². The van der Waals surface area contributed by atoms with Crippen LogP contribution in [0.3, 0.4) is 0 Å². The molecule has 0 aliphatic heterocycles. The Morgan fingerprint density at radius 3 is 2.82 bits per heavy atom. The van der Waals surface area contributed by atoms with E-state index in [1.54, 1.807) is 6.33 Å². The molecule has 0 amide bonds. The number of aromatic nitrogens is 2. The minimum atomic E-state index is 0.709. The second kappa shape index (κ2) is 7.37. The molecule has 1 N–H and O–H groups in total. The Hall–Kier alpha value is -0.970. The van der Waals surface area contributed by atoms with E-state index in [1.165, 1.54) is 6.42 Å². The van der Waals surface area contributed by atoms with Gasteiger partial charge in [-0.15, -0.1) is 0 Å². The van der Waals surface area contributed by atoms with Crippen LogP contribution in [-0.2, 0) is 0 Å². The van der Waals surface area contributed by atoms with Crippen molar-refractivity contribution in [3.63, 3.8) is 0 Å². The summed E-state index contributed by atoms with van der Waals surface area (Å²) >= 11 is 4.16. The molecule has 0 radical (unpaired) electrons. The molecule has 0 aliphatic rings. The number of hydrogen-bond acceptors (Lipinski definition) is 5. The lowest BCUT2D eigenvalue weighted by atomic mass is 10.1. The largest absolute Gasteiger partial charge is 0.369 e. The van der Waals surface area contributed by atoms with Crippen molar-refractivity contribution in [1.82, 2.24) is 9.97 Å². The summed E-state index contributed by atoms with van der Waals surface area (Å²) in [5, 5.41) is 3.20. The fourth-order valence-corrected chi connectivity index (χ4v) is 1.51. The summed E-state index contributed by atoms with van der Waals surface area (Å²) in [7, 11) is 2.06. The van der Waals surface area contributed by atoms with Gasteiger partial charge >= 0.3 is 0 Å². The van der Waals surface area contributed by atoms with Gasteiger partial charge in [-0.3, -0.25) is 0 Å². The van der Waals surface area contributed by atoms with Crippen LogP contribution in [0, 0.1) is 5.92 Å². The number of nitrogens with one attached hydrogen (secondary N) is 1. The van der Waals surface area contributed by atoms with Gasteiger partial charge < -0.3 is 10.2 Å². The van der Waals surface area contributed by atoms with Gasteiger partial charge in [0.1, 0.15) is 18.0 Å². The second-order valence-electron chi connectivity index (χ2n) is 4.52. The van der Waals surface area contributed by atoms with Crippen LogP contribution in [0.4, 0.5) is 11.6 Å². The number of anilines is 2. The first kappa shape index (κ1) is 14.1. The van der Waals surface area contributed by atoms with Crippen molar-refractivity contribution in [3.8, 4) is 0 Å². The highest BCUT2D eigenvalue weighted by Gasteiger charge is 2.05. The van der Waals surface area contributed by atoms with Gasteiger partial charge in [-0.1, -0.05) is 13.8 Å². The molecular formula is C12H22N4S. The lowest BCUT2D eigenvalue weighted by molar-refractivity contribution is 0.583. The van der Waals surface area contributed by atoms with Gasteiger partial charge in [-0.2, -0.15) is 12.6 Å². The molecular weight excluding hydrogens is 232 g/mol.